The lowest BCUT2D eigenvalue weighted by molar-refractivity contribution is -0.156. The fourth-order valence-corrected chi connectivity index (χ4v) is 2.99. The molecule has 4 rings (SSSR count). The third-order valence-electron chi connectivity index (χ3n) is 4.78. The van der Waals surface area contributed by atoms with Gasteiger partial charge in [0.2, 0.25) is 12.3 Å². The molecule has 0 bridgehead atoms. The van der Waals surface area contributed by atoms with Crippen molar-refractivity contribution in [3.8, 4) is 11.5 Å². The van der Waals surface area contributed by atoms with Crippen LogP contribution >= 0.6 is 0 Å². The maximum absolute atomic E-state index is 12.5. The number of para-hydroxylation sites is 1. The summed E-state index contributed by atoms with van der Waals surface area (Å²) in [5.74, 6) is -1.60. The lowest BCUT2D eigenvalue weighted by atomic mass is 10.1. The molecule has 2 aromatic carbocycles. The second kappa shape index (κ2) is 10.9. The van der Waals surface area contributed by atoms with Crippen LogP contribution in [0.25, 0.3) is 11.5 Å². The molecule has 1 aromatic heterocycles. The number of carbonyl (C=O) groups is 1. The number of anilines is 1. The third kappa shape index (κ3) is 6.63. The van der Waals surface area contributed by atoms with E-state index in [1.807, 2.05) is 18.2 Å². The smallest absolute Gasteiger partial charge is 0.413 e. The van der Waals surface area contributed by atoms with Crippen LogP contribution in [0.3, 0.4) is 0 Å². The number of benzene rings is 2. The zero-order valence-electron chi connectivity index (χ0n) is 17.5. The second-order valence-corrected chi connectivity index (χ2v) is 7.23. The Morgan fingerprint density at radius 1 is 1.06 bits per heavy atom. The number of alkyl halides is 3. The van der Waals surface area contributed by atoms with E-state index in [0.29, 0.717) is 12.1 Å². The Bertz CT molecular complexity index is 971. The molecule has 1 saturated heterocycles. The molecule has 0 radical (unpaired) electrons. The summed E-state index contributed by atoms with van der Waals surface area (Å²) in [7, 11) is 2.15. The monoisotopic (exact) mass is 447 g/mol. The first-order valence-electron chi connectivity index (χ1n) is 10.0. The van der Waals surface area contributed by atoms with E-state index >= 15 is 0 Å². The van der Waals surface area contributed by atoms with Crippen molar-refractivity contribution in [2.75, 3.05) is 38.1 Å². The highest BCUT2D eigenvalue weighted by Crippen LogP contribution is 2.30. The van der Waals surface area contributed by atoms with Crippen molar-refractivity contribution < 1.29 is 22.4 Å². The number of likely N-dealkylation sites (N-methyl/N-ethyl adjacent to an activating group) is 1. The number of hydrogen-bond acceptors (Lipinski definition) is 6. The van der Waals surface area contributed by atoms with Crippen LogP contribution in [0.5, 0.6) is 0 Å². The minimum atomic E-state index is -4.68. The SMILES string of the molecule is CN1CCNCC1.O=CN(Cc1ccc(-c2nnc(C(F)(F)F)o2)cc1)c1ccccc1. The molecule has 0 spiro atoms. The third-order valence-corrected chi connectivity index (χ3v) is 4.78. The largest absolute Gasteiger partial charge is 0.470 e. The molecule has 1 amide bonds. The molecular weight excluding hydrogens is 423 g/mol. The van der Waals surface area contributed by atoms with Crippen LogP contribution < -0.4 is 10.2 Å². The van der Waals surface area contributed by atoms with Gasteiger partial charge in [0.25, 0.3) is 0 Å². The van der Waals surface area contributed by atoms with E-state index in [-0.39, 0.29) is 5.89 Å². The van der Waals surface area contributed by atoms with Crippen molar-refractivity contribution in [1.29, 1.82) is 0 Å². The second-order valence-electron chi connectivity index (χ2n) is 7.23. The van der Waals surface area contributed by atoms with Gasteiger partial charge in [-0.05, 0) is 36.9 Å². The predicted octanol–water partition coefficient (Wildman–Crippen LogP) is 3.44. The van der Waals surface area contributed by atoms with E-state index < -0.39 is 12.1 Å². The quantitative estimate of drug-likeness (QED) is 0.604. The van der Waals surface area contributed by atoms with Gasteiger partial charge in [-0.25, -0.2) is 0 Å². The molecule has 1 aliphatic heterocycles. The Balaban J connectivity index is 0.000000352. The van der Waals surface area contributed by atoms with Crippen molar-refractivity contribution in [2.45, 2.75) is 12.7 Å². The van der Waals surface area contributed by atoms with Crippen molar-refractivity contribution in [3.63, 3.8) is 0 Å². The molecule has 170 valence electrons. The first-order chi connectivity index (χ1) is 15.4. The van der Waals surface area contributed by atoms with Crippen molar-refractivity contribution in [1.82, 2.24) is 20.4 Å². The van der Waals surface area contributed by atoms with Gasteiger partial charge in [0.1, 0.15) is 0 Å². The normalized spacial score (nSPS) is 14.4. The van der Waals surface area contributed by atoms with Crippen LogP contribution in [-0.2, 0) is 17.5 Å². The Morgan fingerprint density at radius 2 is 1.72 bits per heavy atom. The molecule has 3 aromatic rings. The van der Waals surface area contributed by atoms with Gasteiger partial charge in [0, 0.05) is 37.4 Å². The molecule has 1 aliphatic rings. The molecule has 32 heavy (non-hydrogen) atoms. The van der Waals surface area contributed by atoms with Crippen LogP contribution in [0.4, 0.5) is 18.9 Å². The van der Waals surface area contributed by atoms with Crippen LogP contribution in [0, 0.1) is 0 Å². The summed E-state index contributed by atoms with van der Waals surface area (Å²) >= 11 is 0. The van der Waals surface area contributed by atoms with Crippen LogP contribution in [0.1, 0.15) is 11.5 Å². The molecule has 0 saturated carbocycles. The van der Waals surface area contributed by atoms with Gasteiger partial charge in [-0.3, -0.25) is 4.79 Å². The summed E-state index contributed by atoms with van der Waals surface area (Å²) in [6.07, 6.45) is -3.96. The number of halogens is 3. The fraction of sp³-hybridized carbons (Fsp3) is 0.318. The minimum absolute atomic E-state index is 0.214. The number of amides is 1. The van der Waals surface area contributed by atoms with Gasteiger partial charge < -0.3 is 19.5 Å². The molecule has 0 atom stereocenters. The number of aromatic nitrogens is 2. The van der Waals surface area contributed by atoms with E-state index in [1.165, 1.54) is 18.0 Å². The number of piperazine rings is 1. The van der Waals surface area contributed by atoms with Crippen molar-refractivity contribution in [3.05, 3.63) is 66.1 Å². The lowest BCUT2D eigenvalue weighted by Crippen LogP contribution is -2.40. The average molecular weight is 447 g/mol. The average Bonchev–Trinajstić information content (AvgIpc) is 3.30. The highest BCUT2D eigenvalue weighted by atomic mass is 19.4. The summed E-state index contributed by atoms with van der Waals surface area (Å²) in [4.78, 5) is 15.1. The maximum atomic E-state index is 12.5. The molecule has 2 heterocycles. The Labute approximate surface area is 183 Å². The summed E-state index contributed by atoms with van der Waals surface area (Å²) in [6, 6.07) is 15.6. The fourth-order valence-electron chi connectivity index (χ4n) is 2.99. The highest BCUT2D eigenvalue weighted by Gasteiger charge is 2.38. The van der Waals surface area contributed by atoms with Gasteiger partial charge in [-0.1, -0.05) is 30.3 Å². The van der Waals surface area contributed by atoms with Crippen LogP contribution in [0.15, 0.2) is 59.0 Å². The summed E-state index contributed by atoms with van der Waals surface area (Å²) < 4.78 is 42.1. The van der Waals surface area contributed by atoms with E-state index in [2.05, 4.69) is 31.9 Å². The first kappa shape index (κ1) is 23.4. The van der Waals surface area contributed by atoms with E-state index in [9.17, 15) is 18.0 Å². The predicted molar refractivity (Wildman–Crippen MR) is 114 cm³/mol. The number of nitrogens with one attached hydrogen (secondary N) is 1. The standard InChI is InChI=1S/C17H12F3N3O2.C5H12N2/c18-17(19,20)16-22-21-15(25-16)13-8-6-12(7-9-13)10-23(11-24)14-4-2-1-3-5-14;1-7-4-2-6-3-5-7/h1-9,11H,10H2;6H,2-5H2,1H3. The number of carbonyl (C=O) groups excluding carboxylic acids is 1. The van der Waals surface area contributed by atoms with Crippen LogP contribution in [0.2, 0.25) is 0 Å². The maximum Gasteiger partial charge on any atom is 0.470 e. The number of hydrogen-bond donors (Lipinski definition) is 1. The van der Waals surface area contributed by atoms with Gasteiger partial charge in [0.05, 0.1) is 6.54 Å². The van der Waals surface area contributed by atoms with E-state index in [1.54, 1.807) is 36.4 Å². The molecule has 7 nitrogen and oxygen atoms in total. The first-order valence-corrected chi connectivity index (χ1v) is 10.0. The highest BCUT2D eigenvalue weighted by molar-refractivity contribution is 5.75. The Morgan fingerprint density at radius 3 is 2.22 bits per heavy atom. The number of rotatable bonds is 5. The van der Waals surface area contributed by atoms with Gasteiger partial charge in [-0.15, -0.1) is 10.2 Å². The zero-order valence-corrected chi connectivity index (χ0v) is 17.5. The Hall–Kier alpha value is -3.24. The zero-order chi connectivity index (χ0) is 23.0. The van der Waals surface area contributed by atoms with Crippen LogP contribution in [-0.4, -0.2) is 54.7 Å². The van der Waals surface area contributed by atoms with Crippen molar-refractivity contribution >= 4 is 12.1 Å². The van der Waals surface area contributed by atoms with Gasteiger partial charge in [0.15, 0.2) is 0 Å². The van der Waals surface area contributed by atoms with Gasteiger partial charge in [-0.2, -0.15) is 13.2 Å². The Kier molecular flexibility index (Phi) is 7.96. The molecule has 1 N–H and O–H groups in total. The minimum Gasteiger partial charge on any atom is -0.413 e. The molecule has 0 aliphatic carbocycles. The number of nitrogens with zero attached hydrogens (tertiary/aromatic N) is 4. The van der Waals surface area contributed by atoms with Crippen molar-refractivity contribution in [2.24, 2.45) is 0 Å². The summed E-state index contributed by atoms with van der Waals surface area (Å²) in [5.41, 5.74) is 1.91. The molecular formula is C22H24F3N5O2. The van der Waals surface area contributed by atoms with Gasteiger partial charge >= 0.3 is 12.1 Å². The molecule has 10 heteroatoms. The molecule has 0 unspecified atom stereocenters. The topological polar surface area (TPSA) is 74.5 Å². The summed E-state index contributed by atoms with van der Waals surface area (Å²) in [6.45, 7) is 5.07. The van der Waals surface area contributed by atoms with E-state index in [0.717, 1.165) is 30.8 Å². The molecule has 1 fully saturated rings. The van der Waals surface area contributed by atoms with E-state index in [4.69, 9.17) is 0 Å². The summed E-state index contributed by atoms with van der Waals surface area (Å²) in [5, 5.41) is 9.67. The lowest BCUT2D eigenvalue weighted by Gasteiger charge is -2.21.